The molecule has 4 aromatic rings. The van der Waals surface area contributed by atoms with Gasteiger partial charge in [-0.3, -0.25) is 10.1 Å². The average molecular weight is 401 g/mol. The summed E-state index contributed by atoms with van der Waals surface area (Å²) in [5.41, 5.74) is 1.84. The number of nitrogens with zero attached hydrogens (tertiary/aromatic N) is 2. The summed E-state index contributed by atoms with van der Waals surface area (Å²) >= 11 is 0.613. The van der Waals surface area contributed by atoms with Crippen LogP contribution in [0.5, 0.6) is 5.75 Å². The zero-order chi connectivity index (χ0) is 19.7. The van der Waals surface area contributed by atoms with Crippen LogP contribution in [0.2, 0.25) is 0 Å². The molecule has 2 aromatic heterocycles. The van der Waals surface area contributed by atoms with Crippen LogP contribution in [-0.2, 0) is 0 Å². The maximum atomic E-state index is 12.8. The molecule has 142 valence electrons. The van der Waals surface area contributed by atoms with Gasteiger partial charge in [0.05, 0.1) is 7.11 Å². The van der Waals surface area contributed by atoms with Gasteiger partial charge in [-0.05, 0) is 17.7 Å². The van der Waals surface area contributed by atoms with Gasteiger partial charge < -0.3 is 9.15 Å². The van der Waals surface area contributed by atoms with Gasteiger partial charge in [-0.1, -0.05) is 41.7 Å². The van der Waals surface area contributed by atoms with Gasteiger partial charge in [-0.25, -0.2) is 8.78 Å². The number of rotatable bonds is 5. The lowest BCUT2D eigenvalue weighted by molar-refractivity contribution is 0.0999. The lowest BCUT2D eigenvalue weighted by Gasteiger charge is -2.03. The van der Waals surface area contributed by atoms with E-state index in [1.165, 1.54) is 7.11 Å². The van der Waals surface area contributed by atoms with E-state index in [1.54, 1.807) is 18.2 Å². The van der Waals surface area contributed by atoms with Crippen molar-refractivity contribution in [1.29, 1.82) is 0 Å². The summed E-state index contributed by atoms with van der Waals surface area (Å²) < 4.78 is 36.4. The largest absolute Gasteiger partial charge is 0.497 e. The second-order valence-corrected chi connectivity index (χ2v) is 6.74. The predicted octanol–water partition coefficient (Wildman–Crippen LogP) is 5.15. The minimum atomic E-state index is -2.75. The first-order chi connectivity index (χ1) is 13.6. The van der Waals surface area contributed by atoms with Crippen LogP contribution in [0.25, 0.3) is 22.1 Å². The number of benzene rings is 2. The predicted molar refractivity (Wildman–Crippen MR) is 101 cm³/mol. The number of carbonyl (C=O) groups is 1. The summed E-state index contributed by atoms with van der Waals surface area (Å²) in [7, 11) is 1.53. The molecular weight excluding hydrogens is 388 g/mol. The van der Waals surface area contributed by atoms with Crippen LogP contribution in [0.3, 0.4) is 0 Å². The molecule has 0 bridgehead atoms. The molecular formula is C19H13F2N3O3S. The lowest BCUT2D eigenvalue weighted by Crippen LogP contribution is -2.11. The molecule has 2 aromatic carbocycles. The SMILES string of the molecule is COc1ccc2c(-c3ccccc3)c(C(=O)Nc3nnc(C(F)F)s3)oc2c1. The summed E-state index contributed by atoms with van der Waals surface area (Å²) in [4.78, 5) is 12.8. The van der Waals surface area contributed by atoms with Gasteiger partial charge in [-0.2, -0.15) is 0 Å². The maximum Gasteiger partial charge on any atom is 0.293 e. The van der Waals surface area contributed by atoms with Crippen molar-refractivity contribution < 1.29 is 22.7 Å². The van der Waals surface area contributed by atoms with E-state index in [1.807, 2.05) is 30.3 Å². The minimum absolute atomic E-state index is 0.0302. The number of ether oxygens (including phenoxy) is 1. The third kappa shape index (κ3) is 3.31. The number of amides is 1. The van der Waals surface area contributed by atoms with Crippen molar-refractivity contribution in [1.82, 2.24) is 10.2 Å². The topological polar surface area (TPSA) is 77.2 Å². The number of methoxy groups -OCH3 is 1. The molecule has 0 unspecified atom stereocenters. The van der Waals surface area contributed by atoms with Gasteiger partial charge in [0.2, 0.25) is 10.9 Å². The fraction of sp³-hybridized carbons (Fsp3) is 0.105. The molecule has 0 aliphatic heterocycles. The normalized spacial score (nSPS) is 11.1. The number of halogens is 2. The molecule has 9 heteroatoms. The number of carbonyl (C=O) groups excluding carboxylic acids is 1. The molecule has 2 heterocycles. The Balaban J connectivity index is 1.79. The fourth-order valence-electron chi connectivity index (χ4n) is 2.78. The molecule has 28 heavy (non-hydrogen) atoms. The molecule has 0 atom stereocenters. The van der Waals surface area contributed by atoms with Crippen LogP contribution in [0, 0.1) is 0 Å². The Hall–Kier alpha value is -3.33. The van der Waals surface area contributed by atoms with Gasteiger partial charge in [0.15, 0.2) is 5.01 Å². The summed E-state index contributed by atoms with van der Waals surface area (Å²) in [6, 6.07) is 14.5. The zero-order valence-corrected chi connectivity index (χ0v) is 15.3. The first kappa shape index (κ1) is 18.1. The van der Waals surface area contributed by atoms with E-state index in [9.17, 15) is 13.6 Å². The molecule has 0 saturated carbocycles. The van der Waals surface area contributed by atoms with Gasteiger partial charge in [0.25, 0.3) is 12.3 Å². The number of nitrogens with one attached hydrogen (secondary N) is 1. The molecule has 6 nitrogen and oxygen atoms in total. The third-order valence-electron chi connectivity index (χ3n) is 4.01. The van der Waals surface area contributed by atoms with E-state index < -0.39 is 17.3 Å². The highest BCUT2D eigenvalue weighted by Gasteiger charge is 2.24. The Morgan fingerprint density at radius 2 is 1.96 bits per heavy atom. The van der Waals surface area contributed by atoms with Crippen LogP contribution < -0.4 is 10.1 Å². The maximum absolute atomic E-state index is 12.8. The molecule has 4 rings (SSSR count). The smallest absolute Gasteiger partial charge is 0.293 e. The van der Waals surface area contributed by atoms with E-state index in [0.717, 1.165) is 10.9 Å². The number of hydrogen-bond acceptors (Lipinski definition) is 6. The molecule has 0 radical (unpaired) electrons. The number of anilines is 1. The van der Waals surface area contributed by atoms with Crippen molar-refractivity contribution in [3.8, 4) is 16.9 Å². The van der Waals surface area contributed by atoms with Crippen LogP contribution in [-0.4, -0.2) is 23.2 Å². The highest BCUT2D eigenvalue weighted by Crippen LogP contribution is 2.37. The molecule has 0 fully saturated rings. The number of alkyl halides is 2. The molecule has 0 saturated heterocycles. The van der Waals surface area contributed by atoms with Crippen LogP contribution >= 0.6 is 11.3 Å². The van der Waals surface area contributed by atoms with Crippen LogP contribution in [0.1, 0.15) is 22.0 Å². The number of hydrogen-bond donors (Lipinski definition) is 1. The summed E-state index contributed by atoms with van der Waals surface area (Å²) in [5.74, 6) is 0.0211. The number of furan rings is 1. The standard InChI is InChI=1S/C19H13F2N3O3S/c1-26-11-7-8-12-13(9-11)27-15(14(12)10-5-3-2-4-6-10)17(25)22-19-24-23-18(28-19)16(20)21/h2-9,16H,1H3,(H,22,24,25). The Kier molecular flexibility index (Phi) is 4.74. The monoisotopic (exact) mass is 401 g/mol. The van der Waals surface area contributed by atoms with Crippen LogP contribution in [0.15, 0.2) is 52.9 Å². The van der Waals surface area contributed by atoms with Crippen molar-refractivity contribution in [2.24, 2.45) is 0 Å². The van der Waals surface area contributed by atoms with Gasteiger partial charge in [-0.15, -0.1) is 10.2 Å². The lowest BCUT2D eigenvalue weighted by atomic mass is 10.0. The van der Waals surface area contributed by atoms with Crippen molar-refractivity contribution in [2.45, 2.75) is 6.43 Å². The minimum Gasteiger partial charge on any atom is -0.497 e. The van der Waals surface area contributed by atoms with Crippen LogP contribution in [0.4, 0.5) is 13.9 Å². The van der Waals surface area contributed by atoms with E-state index in [4.69, 9.17) is 9.15 Å². The first-order valence-electron chi connectivity index (χ1n) is 8.15. The van der Waals surface area contributed by atoms with Gasteiger partial charge >= 0.3 is 0 Å². The molecule has 1 N–H and O–H groups in total. The van der Waals surface area contributed by atoms with Crippen molar-refractivity contribution in [3.05, 3.63) is 59.3 Å². The van der Waals surface area contributed by atoms with Crippen molar-refractivity contribution in [2.75, 3.05) is 12.4 Å². The van der Waals surface area contributed by atoms with Gasteiger partial charge in [0.1, 0.15) is 11.3 Å². The van der Waals surface area contributed by atoms with E-state index >= 15 is 0 Å². The van der Waals surface area contributed by atoms with Gasteiger partial charge in [0, 0.05) is 17.0 Å². The van der Waals surface area contributed by atoms with E-state index in [0.29, 0.717) is 28.2 Å². The summed E-state index contributed by atoms with van der Waals surface area (Å²) in [6.45, 7) is 0. The number of fused-ring (bicyclic) bond motifs is 1. The quantitative estimate of drug-likeness (QED) is 0.500. The average Bonchev–Trinajstić information content (AvgIpc) is 3.32. The summed E-state index contributed by atoms with van der Waals surface area (Å²) in [6.07, 6.45) is -2.75. The Labute approximate surface area is 161 Å². The van der Waals surface area contributed by atoms with Crippen molar-refractivity contribution >= 4 is 33.3 Å². The van der Waals surface area contributed by atoms with E-state index in [2.05, 4.69) is 15.5 Å². The Morgan fingerprint density at radius 3 is 2.64 bits per heavy atom. The highest BCUT2D eigenvalue weighted by atomic mass is 32.1. The fourth-order valence-corrected chi connectivity index (χ4v) is 3.38. The first-order valence-corrected chi connectivity index (χ1v) is 8.97. The second-order valence-electron chi connectivity index (χ2n) is 5.73. The number of aromatic nitrogens is 2. The summed E-state index contributed by atoms with van der Waals surface area (Å²) in [5, 5.41) is 9.66. The molecule has 0 spiro atoms. The Morgan fingerprint density at radius 1 is 1.18 bits per heavy atom. The molecule has 0 aliphatic rings. The molecule has 0 aliphatic carbocycles. The van der Waals surface area contributed by atoms with E-state index in [-0.39, 0.29) is 10.9 Å². The second kappa shape index (κ2) is 7.35. The zero-order valence-electron chi connectivity index (χ0n) is 14.5. The third-order valence-corrected chi connectivity index (χ3v) is 4.86. The molecule has 1 amide bonds. The highest BCUT2D eigenvalue weighted by molar-refractivity contribution is 7.15. The Bertz CT molecular complexity index is 1140. The van der Waals surface area contributed by atoms with Crippen molar-refractivity contribution in [3.63, 3.8) is 0 Å².